The quantitative estimate of drug-likeness (QED) is 0.272. The first-order valence-corrected chi connectivity index (χ1v) is 13.8. The largest absolute Gasteiger partial charge is 0.465 e. The zero-order chi connectivity index (χ0) is 26.9. The Bertz CT molecular complexity index is 1900. The lowest BCUT2D eigenvalue weighted by molar-refractivity contribution is -0.143. The summed E-state index contributed by atoms with van der Waals surface area (Å²) in [6, 6.07) is 25.0. The van der Waals surface area contributed by atoms with Crippen LogP contribution < -0.4 is 14.9 Å². The van der Waals surface area contributed by atoms with E-state index in [9.17, 15) is 9.59 Å². The molecule has 1 aliphatic rings. The fraction of sp³-hybridized carbons (Fsp3) is 0.129. The van der Waals surface area contributed by atoms with Crippen LogP contribution in [0.15, 0.2) is 101 Å². The van der Waals surface area contributed by atoms with Crippen molar-refractivity contribution < 1.29 is 9.53 Å². The summed E-state index contributed by atoms with van der Waals surface area (Å²) < 4.78 is 9.32. The molecule has 0 fully saturated rings. The minimum atomic E-state index is -0.332. The molecule has 0 bridgehead atoms. The van der Waals surface area contributed by atoms with Crippen molar-refractivity contribution >= 4 is 51.6 Å². The molecular weight excluding hydrogens is 530 g/mol. The summed E-state index contributed by atoms with van der Waals surface area (Å²) in [6.45, 7) is 2.21. The van der Waals surface area contributed by atoms with Crippen molar-refractivity contribution in [3.05, 3.63) is 133 Å². The van der Waals surface area contributed by atoms with Gasteiger partial charge in [-0.15, -0.1) is 0 Å². The van der Waals surface area contributed by atoms with Gasteiger partial charge in [0.25, 0.3) is 5.56 Å². The number of fused-ring (bicyclic) bond motifs is 2. The molecule has 3 aromatic carbocycles. The molecule has 39 heavy (non-hydrogen) atoms. The van der Waals surface area contributed by atoms with Crippen LogP contribution in [-0.2, 0) is 16.1 Å². The van der Waals surface area contributed by atoms with E-state index >= 15 is 0 Å². The number of ether oxygens (including phenoxy) is 1. The molecule has 5 aromatic rings. The molecule has 0 radical (unpaired) electrons. The molecular formula is C31H24ClN3O3S. The first-order chi connectivity index (χ1) is 19.0. The molecule has 3 heterocycles. The third-order valence-electron chi connectivity index (χ3n) is 6.64. The first kappa shape index (κ1) is 25.1. The normalized spacial score (nSPS) is 15.1. The van der Waals surface area contributed by atoms with Gasteiger partial charge in [-0.25, -0.2) is 4.99 Å². The molecule has 6 nitrogen and oxygen atoms in total. The average molecular weight is 554 g/mol. The number of para-hydroxylation sites is 1. The summed E-state index contributed by atoms with van der Waals surface area (Å²) in [5.41, 5.74) is 4.37. The van der Waals surface area contributed by atoms with Crippen LogP contribution in [0.2, 0.25) is 5.02 Å². The number of benzene rings is 3. The van der Waals surface area contributed by atoms with Crippen molar-refractivity contribution in [1.29, 1.82) is 0 Å². The second-order valence-electron chi connectivity index (χ2n) is 9.13. The molecule has 0 spiro atoms. The summed E-state index contributed by atoms with van der Waals surface area (Å²) in [7, 11) is 0. The van der Waals surface area contributed by atoms with Crippen LogP contribution in [0.1, 0.15) is 29.7 Å². The van der Waals surface area contributed by atoms with Gasteiger partial charge in [0.05, 0.1) is 22.9 Å². The molecule has 0 amide bonds. The Morgan fingerprint density at radius 3 is 2.56 bits per heavy atom. The average Bonchev–Trinajstić information content (AvgIpc) is 3.46. The Balaban J connectivity index is 1.52. The van der Waals surface area contributed by atoms with E-state index < -0.39 is 0 Å². The van der Waals surface area contributed by atoms with Crippen molar-refractivity contribution in [2.75, 3.05) is 6.61 Å². The number of hydrogen-bond acceptors (Lipinski definition) is 5. The van der Waals surface area contributed by atoms with Gasteiger partial charge in [-0.05, 0) is 48.4 Å². The number of allylic oxidation sites excluding steroid dienone is 1. The van der Waals surface area contributed by atoms with Crippen LogP contribution in [-0.4, -0.2) is 21.7 Å². The highest BCUT2D eigenvalue weighted by Gasteiger charge is 2.23. The van der Waals surface area contributed by atoms with E-state index in [1.165, 1.54) is 11.3 Å². The molecule has 1 unspecified atom stereocenters. The zero-order valence-electron chi connectivity index (χ0n) is 21.1. The minimum absolute atomic E-state index is 0.0977. The second kappa shape index (κ2) is 10.5. The van der Waals surface area contributed by atoms with Gasteiger partial charge in [-0.1, -0.05) is 83.6 Å². The van der Waals surface area contributed by atoms with E-state index in [-0.39, 0.29) is 24.1 Å². The number of nitrogens with zero attached hydrogens (tertiary/aromatic N) is 3. The zero-order valence-corrected chi connectivity index (χ0v) is 22.7. The first-order valence-electron chi connectivity index (χ1n) is 12.6. The van der Waals surface area contributed by atoms with Gasteiger partial charge in [-0.2, -0.15) is 0 Å². The van der Waals surface area contributed by atoms with Gasteiger partial charge < -0.3 is 9.30 Å². The molecule has 1 aliphatic heterocycles. The Morgan fingerprint density at radius 1 is 1.05 bits per heavy atom. The molecule has 0 saturated heterocycles. The van der Waals surface area contributed by atoms with E-state index in [4.69, 9.17) is 21.3 Å². The van der Waals surface area contributed by atoms with Gasteiger partial charge in [0, 0.05) is 27.7 Å². The van der Waals surface area contributed by atoms with E-state index in [0.717, 1.165) is 33.3 Å². The van der Waals surface area contributed by atoms with Gasteiger partial charge in [0.15, 0.2) is 4.80 Å². The molecule has 8 heteroatoms. The highest BCUT2D eigenvalue weighted by Crippen LogP contribution is 2.28. The van der Waals surface area contributed by atoms with Crippen LogP contribution in [0.3, 0.4) is 0 Å². The summed E-state index contributed by atoms with van der Waals surface area (Å²) in [4.78, 5) is 31.6. The van der Waals surface area contributed by atoms with Crippen molar-refractivity contribution in [1.82, 2.24) is 9.13 Å². The molecule has 0 aliphatic carbocycles. The number of hydrogen-bond donors (Lipinski definition) is 0. The number of halogens is 1. The maximum atomic E-state index is 13.9. The number of carbonyl (C=O) groups excluding carboxylic acids is 1. The number of esters is 1. The van der Waals surface area contributed by atoms with Gasteiger partial charge >= 0.3 is 5.97 Å². The fourth-order valence-corrected chi connectivity index (χ4v) is 5.99. The Morgan fingerprint density at radius 2 is 1.79 bits per heavy atom. The number of carbonyl (C=O) groups is 1. The monoisotopic (exact) mass is 553 g/mol. The van der Waals surface area contributed by atoms with Gasteiger partial charge in [0.2, 0.25) is 0 Å². The van der Waals surface area contributed by atoms with Crippen molar-refractivity contribution in [2.45, 2.75) is 19.5 Å². The lowest BCUT2D eigenvalue weighted by Crippen LogP contribution is -2.36. The maximum absolute atomic E-state index is 13.9. The fourth-order valence-electron chi connectivity index (χ4n) is 4.86. The highest BCUT2D eigenvalue weighted by atomic mass is 35.5. The lowest BCUT2D eigenvalue weighted by atomic mass is 10.0. The highest BCUT2D eigenvalue weighted by molar-refractivity contribution is 7.07. The molecule has 194 valence electrons. The van der Waals surface area contributed by atoms with Crippen molar-refractivity contribution in [3.8, 4) is 0 Å². The van der Waals surface area contributed by atoms with Crippen LogP contribution in [0.25, 0.3) is 22.7 Å². The Kier molecular flexibility index (Phi) is 6.77. The SMILES string of the molecule is CCOC(=O)Cn1cc(C=c2sc3n(c2=O)C(c2ccc(Cl)cc2)C=C(c2ccccc2)N=3)c2ccccc21. The van der Waals surface area contributed by atoms with Gasteiger partial charge in [0.1, 0.15) is 6.54 Å². The summed E-state index contributed by atoms with van der Waals surface area (Å²) >= 11 is 7.52. The summed E-state index contributed by atoms with van der Waals surface area (Å²) in [5.74, 6) is -0.305. The predicted octanol–water partition coefficient (Wildman–Crippen LogP) is 5.17. The van der Waals surface area contributed by atoms with Crippen LogP contribution in [0.5, 0.6) is 0 Å². The van der Waals surface area contributed by atoms with Crippen molar-refractivity contribution in [2.24, 2.45) is 4.99 Å². The van der Waals surface area contributed by atoms with Crippen molar-refractivity contribution in [3.63, 3.8) is 0 Å². The molecule has 0 saturated carbocycles. The molecule has 0 N–H and O–H groups in total. The van der Waals surface area contributed by atoms with Crippen LogP contribution in [0.4, 0.5) is 0 Å². The third kappa shape index (κ3) is 4.87. The maximum Gasteiger partial charge on any atom is 0.325 e. The number of aromatic nitrogens is 2. The van der Waals surface area contributed by atoms with E-state index in [0.29, 0.717) is 21.0 Å². The Labute approximate surface area is 233 Å². The minimum Gasteiger partial charge on any atom is -0.465 e. The molecule has 2 aromatic heterocycles. The number of rotatable bonds is 6. The van der Waals surface area contributed by atoms with E-state index in [1.807, 2.05) is 102 Å². The molecule has 1 atom stereocenters. The lowest BCUT2D eigenvalue weighted by Gasteiger charge is -2.19. The summed E-state index contributed by atoms with van der Waals surface area (Å²) in [5, 5.41) is 1.59. The number of thiazole rings is 1. The molecule has 6 rings (SSSR count). The van der Waals surface area contributed by atoms with Gasteiger partial charge in [-0.3, -0.25) is 14.2 Å². The van der Waals surface area contributed by atoms with Crippen LogP contribution >= 0.6 is 22.9 Å². The van der Waals surface area contributed by atoms with Crippen LogP contribution in [0, 0.1) is 0 Å². The predicted molar refractivity (Wildman–Crippen MR) is 156 cm³/mol. The Hall–Kier alpha value is -4.20. The van der Waals surface area contributed by atoms with E-state index in [1.54, 1.807) is 11.5 Å². The summed E-state index contributed by atoms with van der Waals surface area (Å²) in [6.07, 6.45) is 5.81. The standard InChI is InChI=1S/C31H24ClN3O3S/c1-2-38-29(36)19-34-18-22(24-10-6-7-11-26(24)34)16-28-30(37)35-27(21-12-14-23(32)15-13-21)17-25(33-31(35)39-28)20-8-4-3-5-9-20/h3-18,27H,2,19H2,1H3. The third-order valence-corrected chi connectivity index (χ3v) is 7.87. The second-order valence-corrected chi connectivity index (χ2v) is 10.6. The topological polar surface area (TPSA) is 65.6 Å². The smallest absolute Gasteiger partial charge is 0.325 e. The van der Waals surface area contributed by atoms with E-state index in [2.05, 4.69) is 0 Å².